The third-order valence-electron chi connectivity index (χ3n) is 1.47. The van der Waals surface area contributed by atoms with E-state index >= 15 is 0 Å². The minimum Gasteiger partial charge on any atom is -0.475 e. The lowest BCUT2D eigenvalue weighted by atomic mass is 10.6. The zero-order chi connectivity index (χ0) is 12.0. The molecular formula is C7H11N5O2S2. The lowest BCUT2D eigenvalue weighted by Crippen LogP contribution is -2.31. The van der Waals surface area contributed by atoms with Crippen LogP contribution in [0.5, 0.6) is 0 Å². The second-order valence-electron chi connectivity index (χ2n) is 2.69. The van der Waals surface area contributed by atoms with Gasteiger partial charge in [-0.25, -0.2) is 4.79 Å². The normalized spacial score (nSPS) is 10.0. The summed E-state index contributed by atoms with van der Waals surface area (Å²) in [5.74, 6) is -0.353. The number of aromatic nitrogens is 2. The van der Waals surface area contributed by atoms with Crippen molar-refractivity contribution in [2.75, 3.05) is 18.0 Å². The van der Waals surface area contributed by atoms with Crippen LogP contribution >= 0.6 is 23.1 Å². The molecule has 1 aromatic rings. The Bertz CT molecular complexity index is 381. The molecule has 1 rings (SSSR count). The van der Waals surface area contributed by atoms with Crippen molar-refractivity contribution in [3.05, 3.63) is 5.01 Å². The van der Waals surface area contributed by atoms with Crippen molar-refractivity contribution >= 4 is 40.0 Å². The third kappa shape index (κ3) is 4.45. The van der Waals surface area contributed by atoms with Crippen molar-refractivity contribution in [3.63, 3.8) is 0 Å². The number of carboxylic acids is 1. The fourth-order valence-corrected chi connectivity index (χ4v) is 2.32. The number of rotatable bonds is 5. The van der Waals surface area contributed by atoms with Crippen LogP contribution in [0.1, 0.15) is 5.01 Å². The molecule has 7 nitrogen and oxygen atoms in total. The summed E-state index contributed by atoms with van der Waals surface area (Å²) < 4.78 is 0. The van der Waals surface area contributed by atoms with Gasteiger partial charge in [0.2, 0.25) is 11.0 Å². The predicted octanol–water partition coefficient (Wildman–Crippen LogP) is 0.00497. The number of hydrogen-bond acceptors (Lipinski definition) is 7. The molecule has 0 amide bonds. The van der Waals surface area contributed by atoms with Crippen LogP contribution in [0, 0.1) is 5.41 Å². The molecule has 0 aliphatic heterocycles. The van der Waals surface area contributed by atoms with E-state index in [9.17, 15) is 4.79 Å². The Balaban J connectivity index is 2.08. The maximum Gasteiger partial charge on any atom is 0.370 e. The van der Waals surface area contributed by atoms with Crippen LogP contribution in [-0.4, -0.2) is 39.4 Å². The highest BCUT2D eigenvalue weighted by molar-refractivity contribution is 7.98. The molecule has 0 fully saturated rings. The number of carbonyl (C=O) groups is 1. The highest BCUT2D eigenvalue weighted by Gasteiger charge is 2.05. The average molecular weight is 261 g/mol. The summed E-state index contributed by atoms with van der Waals surface area (Å²) >= 11 is 2.91. The van der Waals surface area contributed by atoms with Crippen molar-refractivity contribution in [1.29, 1.82) is 5.41 Å². The van der Waals surface area contributed by atoms with Gasteiger partial charge in [-0.3, -0.25) is 5.41 Å². The van der Waals surface area contributed by atoms with Gasteiger partial charge in [0.1, 0.15) is 5.01 Å². The molecule has 1 aromatic heterocycles. The lowest BCUT2D eigenvalue weighted by Gasteiger charge is -2.02. The van der Waals surface area contributed by atoms with Gasteiger partial charge in [-0.15, -0.1) is 10.2 Å². The SMILES string of the molecule is N=C(NCCSCc1nnc(N)s1)C(=O)O. The Morgan fingerprint density at radius 1 is 1.62 bits per heavy atom. The Labute approximate surface area is 100.0 Å². The number of aliphatic carboxylic acids is 1. The second-order valence-corrected chi connectivity index (χ2v) is 4.89. The molecular weight excluding hydrogens is 250 g/mol. The number of thioether (sulfide) groups is 1. The van der Waals surface area contributed by atoms with Crippen LogP contribution in [-0.2, 0) is 10.5 Å². The Hall–Kier alpha value is -1.35. The van der Waals surface area contributed by atoms with Crippen LogP contribution in [0.25, 0.3) is 0 Å². The van der Waals surface area contributed by atoms with E-state index in [-0.39, 0.29) is 0 Å². The van der Waals surface area contributed by atoms with E-state index in [0.29, 0.717) is 23.2 Å². The molecule has 0 aliphatic rings. The lowest BCUT2D eigenvalue weighted by molar-refractivity contribution is -0.129. The fourth-order valence-electron chi connectivity index (χ4n) is 0.808. The first-order valence-electron chi connectivity index (χ1n) is 4.31. The summed E-state index contributed by atoms with van der Waals surface area (Å²) in [5.41, 5.74) is 5.41. The monoisotopic (exact) mass is 261 g/mol. The highest BCUT2D eigenvalue weighted by Crippen LogP contribution is 2.17. The minimum atomic E-state index is -1.25. The Kier molecular flexibility index (Phi) is 4.99. The number of amidine groups is 1. The van der Waals surface area contributed by atoms with Gasteiger partial charge in [-0.1, -0.05) is 11.3 Å². The van der Waals surface area contributed by atoms with E-state index in [0.717, 1.165) is 5.01 Å². The number of nitrogen functional groups attached to an aromatic ring is 1. The standard InChI is InChI=1S/C7H11N5O2S2/c8-5(6(13)14)10-1-2-15-3-4-11-12-7(9)16-4/h1-3H2,(H2,8,10)(H2,9,12)(H,13,14). The van der Waals surface area contributed by atoms with Crippen molar-refractivity contribution in [2.24, 2.45) is 0 Å². The number of nitrogens with one attached hydrogen (secondary N) is 2. The summed E-state index contributed by atoms with van der Waals surface area (Å²) in [6.07, 6.45) is 0. The van der Waals surface area contributed by atoms with Crippen LogP contribution in [0.3, 0.4) is 0 Å². The molecule has 9 heteroatoms. The number of nitrogens with two attached hydrogens (primary N) is 1. The summed E-state index contributed by atoms with van der Waals surface area (Å²) in [6.45, 7) is 0.435. The maximum atomic E-state index is 10.3. The van der Waals surface area contributed by atoms with Crippen LogP contribution in [0.2, 0.25) is 0 Å². The molecule has 0 atom stereocenters. The summed E-state index contributed by atoms with van der Waals surface area (Å²) in [5, 5.41) is 26.7. The number of hydrogen-bond donors (Lipinski definition) is 4. The van der Waals surface area contributed by atoms with Gasteiger partial charge in [-0.2, -0.15) is 11.8 Å². The molecule has 0 unspecified atom stereocenters. The molecule has 0 saturated carbocycles. The zero-order valence-corrected chi connectivity index (χ0v) is 9.90. The number of nitrogens with zero attached hydrogens (tertiary/aromatic N) is 2. The van der Waals surface area contributed by atoms with Gasteiger partial charge in [0.15, 0.2) is 0 Å². The number of anilines is 1. The average Bonchev–Trinajstić information content (AvgIpc) is 2.63. The minimum absolute atomic E-state index is 0.435. The van der Waals surface area contributed by atoms with E-state index < -0.39 is 11.8 Å². The third-order valence-corrected chi connectivity index (χ3v) is 3.38. The maximum absolute atomic E-state index is 10.3. The molecule has 16 heavy (non-hydrogen) atoms. The molecule has 1 heterocycles. The first-order chi connectivity index (χ1) is 7.59. The smallest absolute Gasteiger partial charge is 0.370 e. The van der Waals surface area contributed by atoms with Gasteiger partial charge in [-0.05, 0) is 0 Å². The fraction of sp³-hybridized carbons (Fsp3) is 0.429. The Morgan fingerprint density at radius 2 is 2.38 bits per heavy atom. The van der Waals surface area contributed by atoms with E-state index in [1.807, 2.05) is 0 Å². The van der Waals surface area contributed by atoms with Crippen LogP contribution in [0.15, 0.2) is 0 Å². The molecule has 0 saturated heterocycles. The Morgan fingerprint density at radius 3 is 2.94 bits per heavy atom. The first-order valence-corrected chi connectivity index (χ1v) is 6.28. The van der Waals surface area contributed by atoms with E-state index in [4.69, 9.17) is 16.2 Å². The topological polar surface area (TPSA) is 125 Å². The van der Waals surface area contributed by atoms with Crippen LogP contribution in [0.4, 0.5) is 5.13 Å². The predicted molar refractivity (Wildman–Crippen MR) is 63.8 cm³/mol. The molecule has 0 bridgehead atoms. The van der Waals surface area contributed by atoms with Crippen molar-refractivity contribution in [1.82, 2.24) is 15.5 Å². The van der Waals surface area contributed by atoms with E-state index in [1.165, 1.54) is 11.3 Å². The molecule has 0 aliphatic carbocycles. The molecule has 0 radical (unpaired) electrons. The van der Waals surface area contributed by atoms with E-state index in [1.54, 1.807) is 11.8 Å². The van der Waals surface area contributed by atoms with E-state index in [2.05, 4.69) is 15.5 Å². The van der Waals surface area contributed by atoms with Gasteiger partial charge < -0.3 is 16.2 Å². The molecule has 0 spiro atoms. The number of carboxylic acid groups (broad SMARTS) is 1. The zero-order valence-electron chi connectivity index (χ0n) is 8.27. The quantitative estimate of drug-likeness (QED) is 0.334. The molecule has 0 aromatic carbocycles. The molecule has 88 valence electrons. The largest absolute Gasteiger partial charge is 0.475 e. The second kappa shape index (κ2) is 6.28. The molecule has 5 N–H and O–H groups in total. The van der Waals surface area contributed by atoms with Gasteiger partial charge in [0.05, 0.1) is 0 Å². The van der Waals surface area contributed by atoms with Gasteiger partial charge >= 0.3 is 5.97 Å². The van der Waals surface area contributed by atoms with Gasteiger partial charge in [0, 0.05) is 18.1 Å². The summed E-state index contributed by atoms with van der Waals surface area (Å²) in [6, 6.07) is 0. The van der Waals surface area contributed by atoms with Crippen molar-refractivity contribution < 1.29 is 9.90 Å². The summed E-state index contributed by atoms with van der Waals surface area (Å²) in [7, 11) is 0. The van der Waals surface area contributed by atoms with Crippen molar-refractivity contribution in [3.8, 4) is 0 Å². The van der Waals surface area contributed by atoms with Crippen molar-refractivity contribution in [2.45, 2.75) is 5.75 Å². The highest BCUT2D eigenvalue weighted by atomic mass is 32.2. The summed E-state index contributed by atoms with van der Waals surface area (Å²) in [4.78, 5) is 10.3. The van der Waals surface area contributed by atoms with Crippen LogP contribution < -0.4 is 11.1 Å². The first kappa shape index (κ1) is 12.7. The van der Waals surface area contributed by atoms with Gasteiger partial charge in [0.25, 0.3) is 0 Å².